The molecule has 0 bridgehead atoms. The van der Waals surface area contributed by atoms with Gasteiger partial charge in [-0.2, -0.15) is 0 Å². The van der Waals surface area contributed by atoms with E-state index in [1.54, 1.807) is 0 Å². The van der Waals surface area contributed by atoms with Gasteiger partial charge in [0.25, 0.3) is 0 Å². The predicted molar refractivity (Wildman–Crippen MR) is 60.5 cm³/mol. The van der Waals surface area contributed by atoms with Crippen LogP contribution >= 0.6 is 8.18 Å². The van der Waals surface area contributed by atoms with Crippen LogP contribution in [0.3, 0.4) is 0 Å². The lowest BCUT2D eigenvalue weighted by Gasteiger charge is -2.00. The molecular weight excluding hydrogens is 201 g/mol. The molecule has 0 aromatic rings. The first-order valence-electron chi connectivity index (χ1n) is 4.47. The van der Waals surface area contributed by atoms with Gasteiger partial charge in [-0.1, -0.05) is 12.5 Å². The summed E-state index contributed by atoms with van der Waals surface area (Å²) in [5.41, 5.74) is 5.32. The van der Waals surface area contributed by atoms with Crippen molar-refractivity contribution in [1.29, 1.82) is 0 Å². The Morgan fingerprint density at radius 1 is 1.29 bits per heavy atom. The summed E-state index contributed by atoms with van der Waals surface area (Å²) in [4.78, 5) is 0. The van der Waals surface area contributed by atoms with E-state index in [1.165, 1.54) is 7.11 Å². The molecule has 0 aromatic carbocycles. The molecule has 0 amide bonds. The van der Waals surface area contributed by atoms with Crippen molar-refractivity contribution in [2.75, 3.05) is 33.3 Å². The Labute approximate surface area is 87.7 Å². The van der Waals surface area contributed by atoms with Gasteiger partial charge < -0.3 is 11.1 Å². The van der Waals surface area contributed by atoms with E-state index in [9.17, 15) is 4.57 Å². The van der Waals surface area contributed by atoms with Gasteiger partial charge in [-0.05, 0) is 37.0 Å². The maximum absolute atomic E-state index is 10.7. The molecule has 0 spiro atoms. The fraction of sp³-hybridized carbons (Fsp3) is 1.00. The molecule has 1 unspecified atom stereocenters. The lowest BCUT2D eigenvalue weighted by Crippen LogP contribution is -2.21. The van der Waals surface area contributed by atoms with Crippen LogP contribution in [0, 0.1) is 0 Å². The van der Waals surface area contributed by atoms with Crippen LogP contribution in [0.25, 0.3) is 0 Å². The van der Waals surface area contributed by atoms with E-state index in [0.29, 0.717) is 6.54 Å². The first-order chi connectivity index (χ1) is 6.31. The average molecular weight is 224 g/mol. The van der Waals surface area contributed by atoms with Crippen molar-refractivity contribution < 1.29 is 9.09 Å². The molecule has 0 saturated heterocycles. The summed E-state index contributed by atoms with van der Waals surface area (Å²) < 4.78 is 15.3. The lowest BCUT2D eigenvalue weighted by molar-refractivity contribution is 0.404. The molecule has 0 heterocycles. The third-order valence-electron chi connectivity index (χ3n) is 1.49. The Bertz CT molecular complexity index is 136. The molecule has 0 rings (SSSR count). The lowest BCUT2D eigenvalue weighted by atomic mass is 10.4. The zero-order valence-corrected chi connectivity index (χ0v) is 8.98. The smallest absolute Gasteiger partial charge is 0.330 e. The van der Waals surface area contributed by atoms with Gasteiger partial charge in [-0.3, -0.25) is 0 Å². The topological polar surface area (TPSA) is 76.4 Å². The minimum Gasteiger partial charge on any atom is -0.330 e. The van der Waals surface area contributed by atoms with Crippen LogP contribution in [-0.4, -0.2) is 33.3 Å². The van der Waals surface area contributed by atoms with Crippen LogP contribution in [0.2, 0.25) is 0 Å². The van der Waals surface area contributed by atoms with E-state index in [0.717, 1.165) is 32.5 Å². The van der Waals surface area contributed by atoms with E-state index in [2.05, 4.69) is 14.9 Å². The van der Waals surface area contributed by atoms with Crippen LogP contribution in [-0.2, 0) is 9.09 Å². The van der Waals surface area contributed by atoms with Crippen molar-refractivity contribution in [3.05, 3.63) is 0 Å². The van der Waals surface area contributed by atoms with Crippen LogP contribution in [0.1, 0.15) is 20.3 Å². The van der Waals surface area contributed by atoms with Crippen molar-refractivity contribution in [2.45, 2.75) is 20.3 Å². The summed E-state index contributed by atoms with van der Waals surface area (Å²) in [6.45, 7) is 3.30. The van der Waals surface area contributed by atoms with Crippen molar-refractivity contribution in [2.24, 2.45) is 5.73 Å². The average Bonchev–Trinajstić information content (AvgIpc) is 2.16. The van der Waals surface area contributed by atoms with Crippen molar-refractivity contribution in [3.63, 3.8) is 0 Å². The second kappa shape index (κ2) is 12.9. The molecule has 5 nitrogen and oxygen atoms in total. The fourth-order valence-electron chi connectivity index (χ4n) is 0.800. The van der Waals surface area contributed by atoms with E-state index in [4.69, 9.17) is 5.73 Å². The predicted octanol–water partition coefficient (Wildman–Crippen LogP) is 0.844. The van der Waals surface area contributed by atoms with Gasteiger partial charge in [0.05, 0.1) is 7.11 Å². The van der Waals surface area contributed by atoms with Gasteiger partial charge >= 0.3 is 8.18 Å². The zero-order chi connectivity index (χ0) is 9.94. The number of rotatable bonds is 9. The monoisotopic (exact) mass is 224 g/mol. The first-order valence-corrected chi connectivity index (χ1v) is 5.64. The van der Waals surface area contributed by atoms with Gasteiger partial charge in [-0.15, -0.1) is 4.52 Å². The Balaban J connectivity index is 0. The molecule has 4 N–H and O–H groups in total. The minimum atomic E-state index is -1.65. The molecule has 0 fully saturated rings. The Hall–Kier alpha value is -0.0600. The first kappa shape index (κ1) is 16.4. The fourth-order valence-corrected chi connectivity index (χ4v) is 1.27. The highest BCUT2D eigenvalue weighted by Crippen LogP contribution is 2.11. The molecule has 1 atom stereocenters. The van der Waals surface area contributed by atoms with Crippen LogP contribution in [0.4, 0.5) is 0 Å². The zero-order valence-electron chi connectivity index (χ0n) is 8.08. The maximum Gasteiger partial charge on any atom is 0.612 e. The SMILES string of the molecule is C.CO[P+](=O)NCCCNCCCN. The van der Waals surface area contributed by atoms with Gasteiger partial charge in [0.2, 0.25) is 0 Å². The number of nitrogens with two attached hydrogens (primary N) is 1. The highest BCUT2D eigenvalue weighted by Gasteiger charge is 2.11. The molecule has 14 heavy (non-hydrogen) atoms. The highest BCUT2D eigenvalue weighted by molar-refractivity contribution is 7.36. The van der Waals surface area contributed by atoms with Crippen LogP contribution in [0.15, 0.2) is 0 Å². The van der Waals surface area contributed by atoms with Crippen LogP contribution < -0.4 is 16.1 Å². The van der Waals surface area contributed by atoms with Crippen molar-refractivity contribution in [3.8, 4) is 0 Å². The van der Waals surface area contributed by atoms with Crippen molar-refractivity contribution >= 4 is 8.18 Å². The van der Waals surface area contributed by atoms with Gasteiger partial charge in [0, 0.05) is 6.54 Å². The van der Waals surface area contributed by atoms with Gasteiger partial charge in [-0.25, -0.2) is 0 Å². The third-order valence-corrected chi connectivity index (χ3v) is 2.31. The van der Waals surface area contributed by atoms with Crippen molar-refractivity contribution in [1.82, 2.24) is 10.4 Å². The quantitative estimate of drug-likeness (QED) is 0.400. The second-order valence-electron chi connectivity index (χ2n) is 2.59. The van der Waals surface area contributed by atoms with E-state index in [-0.39, 0.29) is 7.43 Å². The summed E-state index contributed by atoms with van der Waals surface area (Å²) in [6, 6.07) is 0. The molecule has 0 radical (unpaired) electrons. The summed E-state index contributed by atoms with van der Waals surface area (Å²) in [5, 5.41) is 5.97. The van der Waals surface area contributed by atoms with E-state index >= 15 is 0 Å². The molecular formula is C8H23N3O2P+. The second-order valence-corrected chi connectivity index (χ2v) is 3.79. The number of hydrogen-bond donors (Lipinski definition) is 3. The number of nitrogens with one attached hydrogen (secondary N) is 2. The molecule has 0 saturated carbocycles. The van der Waals surface area contributed by atoms with Crippen LogP contribution in [0.5, 0.6) is 0 Å². The molecule has 6 heteroatoms. The van der Waals surface area contributed by atoms with E-state index < -0.39 is 8.18 Å². The molecule has 0 aromatic heterocycles. The highest BCUT2D eigenvalue weighted by atomic mass is 31.1. The number of hydrogen-bond acceptors (Lipinski definition) is 4. The molecule has 0 aliphatic carbocycles. The third kappa shape index (κ3) is 11.9. The summed E-state index contributed by atoms with van der Waals surface area (Å²) in [5.74, 6) is 0. The summed E-state index contributed by atoms with van der Waals surface area (Å²) in [6.07, 6.45) is 1.94. The normalized spacial score (nSPS) is 10.9. The van der Waals surface area contributed by atoms with Gasteiger partial charge in [0.1, 0.15) is 0 Å². The Morgan fingerprint density at radius 3 is 2.50 bits per heavy atom. The maximum atomic E-state index is 10.7. The Kier molecular flexibility index (Phi) is 15.1. The molecule has 0 aliphatic heterocycles. The summed E-state index contributed by atoms with van der Waals surface area (Å²) >= 11 is 0. The standard InChI is InChI=1S/C7H19N3O2P.CH4/c1-12-13(11)10-7-3-6-9-5-2-4-8;/h9H,2-8H2,1H3,(H,10,11);1H4/q+1;. The minimum absolute atomic E-state index is 0. The largest absolute Gasteiger partial charge is 0.612 e. The van der Waals surface area contributed by atoms with Gasteiger partial charge in [0.15, 0.2) is 0 Å². The molecule has 0 aliphatic rings. The van der Waals surface area contributed by atoms with E-state index in [1.807, 2.05) is 0 Å². The molecule has 86 valence electrons. The summed E-state index contributed by atoms with van der Waals surface area (Å²) in [7, 11) is -0.232. The Morgan fingerprint density at radius 2 is 1.93 bits per heavy atom.